The Morgan fingerprint density at radius 2 is 2.05 bits per heavy atom. The van der Waals surface area contributed by atoms with E-state index in [4.69, 9.17) is 4.84 Å². The molecule has 0 bridgehead atoms. The molecular weight excluding hydrogens is 292 g/mol. The first-order valence-corrected chi connectivity index (χ1v) is 7.34. The van der Waals surface area contributed by atoms with Gasteiger partial charge in [0.1, 0.15) is 5.60 Å². The van der Waals surface area contributed by atoms with E-state index in [0.29, 0.717) is 0 Å². The van der Waals surface area contributed by atoms with Gasteiger partial charge in [0.25, 0.3) is 9.84 Å². The Labute approximate surface area is 115 Å². The molecule has 0 N–H and O–H groups in total. The molecule has 0 radical (unpaired) electrons. The van der Waals surface area contributed by atoms with Crippen LogP contribution in [0.1, 0.15) is 31.5 Å². The first-order valence-electron chi connectivity index (χ1n) is 5.85. The Morgan fingerprint density at radius 1 is 1.45 bits per heavy atom. The van der Waals surface area contributed by atoms with E-state index >= 15 is 0 Å². The van der Waals surface area contributed by atoms with E-state index in [9.17, 15) is 17.2 Å². The lowest BCUT2D eigenvalue weighted by molar-refractivity contribution is 0.0123. The summed E-state index contributed by atoms with van der Waals surface area (Å²) in [6.45, 7) is 4.48. The van der Waals surface area contributed by atoms with Crippen molar-refractivity contribution >= 4 is 14.9 Å². The molecule has 1 aromatic heterocycles. The summed E-state index contributed by atoms with van der Waals surface area (Å²) in [5.41, 5.74) is -1.59. The molecule has 0 unspecified atom stereocenters. The summed E-state index contributed by atoms with van der Waals surface area (Å²) in [4.78, 5) is 4.86. The molecule has 0 aromatic carbocycles. The minimum absolute atomic E-state index is 0.0418. The van der Waals surface area contributed by atoms with Gasteiger partial charge in [-0.3, -0.25) is 4.68 Å². The molecule has 112 valence electrons. The second-order valence-electron chi connectivity index (χ2n) is 5.33. The van der Waals surface area contributed by atoms with Crippen LogP contribution in [0.15, 0.2) is 11.4 Å². The first kappa shape index (κ1) is 14.9. The molecular formula is C11H15F2N3O3S. The molecule has 9 heteroatoms. The average molecular weight is 307 g/mol. The van der Waals surface area contributed by atoms with Gasteiger partial charge < -0.3 is 4.84 Å². The van der Waals surface area contributed by atoms with Crippen molar-refractivity contribution in [3.8, 4) is 0 Å². The Balaban J connectivity index is 2.46. The van der Waals surface area contributed by atoms with Crippen molar-refractivity contribution in [2.75, 3.05) is 0 Å². The van der Waals surface area contributed by atoms with Crippen LogP contribution in [0.2, 0.25) is 0 Å². The topological polar surface area (TPSA) is 73.5 Å². The number of hydrogen-bond donors (Lipinski definition) is 0. The summed E-state index contributed by atoms with van der Waals surface area (Å²) in [5.74, 6) is 0. The highest BCUT2D eigenvalue weighted by Gasteiger charge is 2.54. The lowest BCUT2D eigenvalue weighted by atomic mass is 10.1. The monoisotopic (exact) mass is 307 g/mol. The molecule has 1 aliphatic rings. The number of nitrogens with zero attached hydrogens (tertiary/aromatic N) is 3. The van der Waals surface area contributed by atoms with Gasteiger partial charge >= 0.3 is 5.25 Å². The summed E-state index contributed by atoms with van der Waals surface area (Å²) in [7, 11) is -3.49. The standard InChI is InChI=1S/C11H15F2N3O3S/c1-7-8(6-16(4)14-7)11(12,13)20(17,18)9-5-10(2,3)19-15-9/h6H,5H2,1-4H3. The molecule has 0 spiro atoms. The molecule has 0 atom stereocenters. The van der Waals surface area contributed by atoms with Crippen LogP contribution in [-0.4, -0.2) is 28.8 Å². The van der Waals surface area contributed by atoms with Crippen LogP contribution in [0.4, 0.5) is 8.78 Å². The van der Waals surface area contributed by atoms with Crippen molar-refractivity contribution in [1.29, 1.82) is 0 Å². The van der Waals surface area contributed by atoms with E-state index in [-0.39, 0.29) is 12.1 Å². The summed E-state index contributed by atoms with van der Waals surface area (Å²) in [6, 6.07) is 0. The van der Waals surface area contributed by atoms with Crippen molar-refractivity contribution < 1.29 is 22.0 Å². The molecule has 0 fully saturated rings. The van der Waals surface area contributed by atoms with E-state index in [2.05, 4.69) is 10.3 Å². The third-order valence-corrected chi connectivity index (χ3v) is 4.68. The van der Waals surface area contributed by atoms with Crippen molar-refractivity contribution in [1.82, 2.24) is 9.78 Å². The number of alkyl halides is 2. The van der Waals surface area contributed by atoms with E-state index in [0.717, 1.165) is 10.9 Å². The third kappa shape index (κ3) is 2.19. The number of rotatable bonds is 2. The largest absolute Gasteiger partial charge is 0.389 e. The van der Waals surface area contributed by atoms with E-state index in [1.54, 1.807) is 13.8 Å². The van der Waals surface area contributed by atoms with Crippen molar-refractivity contribution in [2.24, 2.45) is 12.2 Å². The minimum Gasteiger partial charge on any atom is -0.389 e. The maximum Gasteiger partial charge on any atom is 0.379 e. The second kappa shape index (κ2) is 4.24. The Kier molecular flexibility index (Phi) is 3.16. The zero-order valence-electron chi connectivity index (χ0n) is 11.5. The number of aromatic nitrogens is 2. The van der Waals surface area contributed by atoms with E-state index in [1.165, 1.54) is 14.0 Å². The Bertz CT molecular complexity index is 677. The predicted octanol–water partition coefficient (Wildman–Crippen LogP) is 1.71. The number of oxime groups is 1. The normalized spacial score (nSPS) is 18.8. The fraction of sp³-hybridized carbons (Fsp3) is 0.636. The van der Waals surface area contributed by atoms with Crippen molar-refractivity contribution in [3.05, 3.63) is 17.5 Å². The summed E-state index contributed by atoms with van der Waals surface area (Å²) < 4.78 is 54.0. The predicted molar refractivity (Wildman–Crippen MR) is 68.0 cm³/mol. The maximum absolute atomic E-state index is 14.3. The van der Waals surface area contributed by atoms with Crippen LogP contribution >= 0.6 is 0 Å². The van der Waals surface area contributed by atoms with E-state index < -0.39 is 31.3 Å². The highest BCUT2D eigenvalue weighted by Crippen LogP contribution is 2.39. The van der Waals surface area contributed by atoms with Crippen LogP contribution in [-0.2, 0) is 27.0 Å². The molecule has 1 aromatic rings. The Hall–Kier alpha value is -1.51. The second-order valence-corrected chi connectivity index (χ2v) is 7.33. The van der Waals surface area contributed by atoms with Crippen LogP contribution in [0.25, 0.3) is 0 Å². The first-order chi connectivity index (χ1) is 8.97. The van der Waals surface area contributed by atoms with Gasteiger partial charge in [0, 0.05) is 19.7 Å². The van der Waals surface area contributed by atoms with Gasteiger partial charge in [-0.05, 0) is 20.8 Å². The smallest absolute Gasteiger partial charge is 0.379 e. The number of halogens is 2. The molecule has 0 aliphatic carbocycles. The van der Waals surface area contributed by atoms with Gasteiger partial charge in [-0.25, -0.2) is 8.42 Å². The summed E-state index contributed by atoms with van der Waals surface area (Å²) >= 11 is 0. The van der Waals surface area contributed by atoms with Gasteiger partial charge in [-0.15, -0.1) is 0 Å². The van der Waals surface area contributed by atoms with Crippen molar-refractivity contribution in [2.45, 2.75) is 38.0 Å². The number of aryl methyl sites for hydroxylation is 2. The molecule has 2 rings (SSSR count). The van der Waals surface area contributed by atoms with E-state index in [1.807, 2.05) is 0 Å². The maximum atomic E-state index is 14.3. The molecule has 0 saturated carbocycles. The van der Waals surface area contributed by atoms with Gasteiger partial charge in [-0.2, -0.15) is 13.9 Å². The van der Waals surface area contributed by atoms with Crippen LogP contribution in [0, 0.1) is 6.92 Å². The van der Waals surface area contributed by atoms with Gasteiger partial charge in [-0.1, -0.05) is 5.16 Å². The van der Waals surface area contributed by atoms with Gasteiger partial charge in [0.2, 0.25) is 0 Å². The highest BCUT2D eigenvalue weighted by molar-refractivity contribution is 8.06. The highest BCUT2D eigenvalue weighted by atomic mass is 32.2. The number of sulfone groups is 1. The van der Waals surface area contributed by atoms with Gasteiger partial charge in [0.15, 0.2) is 5.04 Å². The number of hydrogen-bond acceptors (Lipinski definition) is 5. The minimum atomic E-state index is -4.93. The summed E-state index contributed by atoms with van der Waals surface area (Å²) in [5, 5.41) is 2.32. The molecule has 0 amide bonds. The quantitative estimate of drug-likeness (QED) is 0.833. The molecule has 2 heterocycles. The lowest BCUT2D eigenvalue weighted by Crippen LogP contribution is -2.34. The van der Waals surface area contributed by atoms with Crippen LogP contribution in [0.5, 0.6) is 0 Å². The zero-order valence-corrected chi connectivity index (χ0v) is 12.3. The summed E-state index contributed by atoms with van der Waals surface area (Å²) in [6.07, 6.45) is 0.804. The fourth-order valence-electron chi connectivity index (χ4n) is 1.93. The molecule has 0 saturated heterocycles. The third-order valence-electron chi connectivity index (χ3n) is 2.95. The van der Waals surface area contributed by atoms with Crippen molar-refractivity contribution in [3.63, 3.8) is 0 Å². The molecule has 20 heavy (non-hydrogen) atoms. The van der Waals surface area contributed by atoms with Gasteiger partial charge in [0.05, 0.1) is 11.3 Å². The molecule has 6 nitrogen and oxygen atoms in total. The SMILES string of the molecule is Cc1nn(C)cc1C(F)(F)S(=O)(=O)C1=NOC(C)(C)C1. The Morgan fingerprint density at radius 3 is 2.45 bits per heavy atom. The fourth-order valence-corrected chi connectivity index (χ4v) is 3.38. The zero-order chi connectivity index (χ0) is 15.3. The average Bonchev–Trinajstić information content (AvgIpc) is 2.81. The van der Waals surface area contributed by atoms with Crippen LogP contribution in [0.3, 0.4) is 0 Å². The molecule has 1 aliphatic heterocycles. The van der Waals surface area contributed by atoms with Crippen LogP contribution < -0.4 is 0 Å². The lowest BCUT2D eigenvalue weighted by Gasteiger charge is -2.17.